The molecule has 1 saturated heterocycles. The van der Waals surface area contributed by atoms with Crippen LogP contribution < -0.4 is 16.1 Å². The van der Waals surface area contributed by atoms with E-state index in [9.17, 15) is 37.5 Å². The number of carbonyl (C=O) groups excluding carboxylic acids is 4. The molecule has 322 valence electrons. The standard InChI is InChI=1S/C42H56F3N7O6S/c1-8-27(2)35(52-22-21-50(40(52)57)25-31-16-12-13-28(3)46-31)37(54)47-33(23-29-14-10-9-11-15-29)34(53)26-51(24-30-17-19-32(20-18-30)59-42(43,44)45)49-38(55)36(41(4,5)6)48-39(56)58-7/h9-20,27,33-36,53H,8,21-26H2,1-7H3,(H,47,54)(H,48,56)(H,49,55). The first-order chi connectivity index (χ1) is 27.8. The number of aryl methyl sites for hydroxylation is 1. The molecule has 5 unspecified atom stereocenters. The molecule has 0 aliphatic carbocycles. The fraction of sp³-hybridized carbons (Fsp3) is 0.500. The number of nitrogens with one attached hydrogen (secondary N) is 3. The molecular weight excluding hydrogens is 788 g/mol. The van der Waals surface area contributed by atoms with Crippen molar-refractivity contribution in [3.8, 4) is 0 Å². The topological polar surface area (TPSA) is 156 Å². The average molecular weight is 844 g/mol. The third kappa shape index (κ3) is 14.1. The summed E-state index contributed by atoms with van der Waals surface area (Å²) in [6.45, 7) is 11.6. The van der Waals surface area contributed by atoms with Crippen molar-refractivity contribution in [3.05, 3.63) is 95.3 Å². The Hall–Kier alpha value is -4.87. The summed E-state index contributed by atoms with van der Waals surface area (Å²) in [5.74, 6) is -1.35. The van der Waals surface area contributed by atoms with Gasteiger partial charge >= 0.3 is 17.6 Å². The molecule has 2 heterocycles. The minimum Gasteiger partial charge on any atom is -0.453 e. The third-order valence-corrected chi connectivity index (χ3v) is 10.8. The number of benzene rings is 2. The van der Waals surface area contributed by atoms with Crippen LogP contribution in [0.2, 0.25) is 0 Å². The molecule has 5 amide bonds. The van der Waals surface area contributed by atoms with Crippen LogP contribution in [0.4, 0.5) is 22.8 Å². The highest BCUT2D eigenvalue weighted by molar-refractivity contribution is 8.00. The van der Waals surface area contributed by atoms with Crippen molar-refractivity contribution in [3.63, 3.8) is 0 Å². The fourth-order valence-electron chi connectivity index (χ4n) is 6.83. The molecule has 59 heavy (non-hydrogen) atoms. The lowest BCUT2D eigenvalue weighted by atomic mass is 9.86. The molecule has 3 aromatic rings. The first-order valence-electron chi connectivity index (χ1n) is 19.5. The molecule has 4 rings (SSSR count). The van der Waals surface area contributed by atoms with Crippen molar-refractivity contribution in [2.75, 3.05) is 26.7 Å². The first kappa shape index (κ1) is 46.8. The monoisotopic (exact) mass is 843 g/mol. The van der Waals surface area contributed by atoms with Crippen LogP contribution in [0.1, 0.15) is 63.6 Å². The summed E-state index contributed by atoms with van der Waals surface area (Å²) in [6, 6.07) is 17.2. The molecular formula is C42H56F3N7O6S. The lowest BCUT2D eigenvalue weighted by Gasteiger charge is -2.36. The first-order valence-corrected chi connectivity index (χ1v) is 20.3. The van der Waals surface area contributed by atoms with Gasteiger partial charge in [0.05, 0.1) is 31.5 Å². The SMILES string of the molecule is CCC(C)C(C(=O)NC(Cc1ccccc1)C(O)CN(Cc1ccc(SC(F)(F)F)cc1)NC(=O)C(NC(=O)OC)C(C)(C)C)N1CCN(Cc2cccc(C)n2)C1=O. The predicted octanol–water partition coefficient (Wildman–Crippen LogP) is 6.05. The van der Waals surface area contributed by atoms with Gasteiger partial charge in [-0.25, -0.2) is 14.6 Å². The summed E-state index contributed by atoms with van der Waals surface area (Å²) in [5, 5.41) is 19.0. The number of amides is 5. The maximum Gasteiger partial charge on any atom is 0.446 e. The summed E-state index contributed by atoms with van der Waals surface area (Å²) in [4.78, 5) is 62.1. The van der Waals surface area contributed by atoms with Crippen LogP contribution in [0.25, 0.3) is 0 Å². The number of ether oxygens (including phenoxy) is 1. The van der Waals surface area contributed by atoms with E-state index in [0.717, 1.165) is 17.0 Å². The normalized spacial score (nSPS) is 16.0. The van der Waals surface area contributed by atoms with E-state index < -0.39 is 53.1 Å². The number of pyridine rings is 1. The van der Waals surface area contributed by atoms with Crippen LogP contribution in [0.3, 0.4) is 0 Å². The molecule has 0 spiro atoms. The average Bonchev–Trinajstić information content (AvgIpc) is 3.51. The second kappa shape index (κ2) is 20.9. The molecule has 13 nitrogen and oxygen atoms in total. The summed E-state index contributed by atoms with van der Waals surface area (Å²) in [6.07, 6.45) is -1.41. The zero-order valence-electron chi connectivity index (χ0n) is 34.6. The molecule has 0 saturated carbocycles. The van der Waals surface area contributed by atoms with Gasteiger partial charge in [-0.2, -0.15) is 13.2 Å². The number of aromatic nitrogens is 1. The van der Waals surface area contributed by atoms with Crippen molar-refractivity contribution < 1.29 is 42.2 Å². The second-order valence-electron chi connectivity index (χ2n) is 15.9. The highest BCUT2D eigenvalue weighted by atomic mass is 32.2. The maximum atomic E-state index is 14.4. The molecule has 1 aliphatic heterocycles. The Balaban J connectivity index is 1.63. The Morgan fingerprint density at radius 1 is 0.949 bits per heavy atom. The highest BCUT2D eigenvalue weighted by Crippen LogP contribution is 2.36. The largest absolute Gasteiger partial charge is 0.453 e. The van der Waals surface area contributed by atoms with Gasteiger partial charge in [0, 0.05) is 36.8 Å². The van der Waals surface area contributed by atoms with Crippen molar-refractivity contribution >= 4 is 35.7 Å². The summed E-state index contributed by atoms with van der Waals surface area (Å²) >= 11 is -0.255. The van der Waals surface area contributed by atoms with E-state index in [2.05, 4.69) is 21.0 Å². The van der Waals surface area contributed by atoms with Crippen LogP contribution >= 0.6 is 11.8 Å². The quantitative estimate of drug-likeness (QED) is 0.0886. The zero-order chi connectivity index (χ0) is 43.5. The van der Waals surface area contributed by atoms with Gasteiger partial charge < -0.3 is 30.3 Å². The fourth-order valence-corrected chi connectivity index (χ4v) is 7.37. The van der Waals surface area contributed by atoms with E-state index >= 15 is 0 Å². The lowest BCUT2D eigenvalue weighted by molar-refractivity contribution is -0.132. The number of carbonyl (C=O) groups is 4. The number of alkyl carbamates (subject to hydrolysis) is 1. The van der Waals surface area contributed by atoms with Crippen LogP contribution in [-0.2, 0) is 33.8 Å². The van der Waals surface area contributed by atoms with Gasteiger partial charge in [0.2, 0.25) is 5.91 Å². The van der Waals surface area contributed by atoms with E-state index in [-0.39, 0.29) is 54.7 Å². The molecule has 0 bridgehead atoms. The van der Waals surface area contributed by atoms with Gasteiger partial charge in [-0.1, -0.05) is 89.6 Å². The molecule has 5 atom stereocenters. The van der Waals surface area contributed by atoms with Gasteiger partial charge in [0.15, 0.2) is 0 Å². The highest BCUT2D eigenvalue weighted by Gasteiger charge is 2.41. The smallest absolute Gasteiger partial charge is 0.446 e. The van der Waals surface area contributed by atoms with E-state index in [1.54, 1.807) is 30.6 Å². The van der Waals surface area contributed by atoms with Gasteiger partial charge in [0.25, 0.3) is 5.91 Å². The molecule has 4 N–H and O–H groups in total. The van der Waals surface area contributed by atoms with Crippen LogP contribution in [0, 0.1) is 18.3 Å². The number of halogens is 3. The van der Waals surface area contributed by atoms with Crippen LogP contribution in [-0.4, -0.2) is 105 Å². The van der Waals surface area contributed by atoms with Crippen LogP contribution in [0.15, 0.2) is 77.7 Å². The number of alkyl halides is 3. The molecule has 2 aromatic carbocycles. The minimum atomic E-state index is -4.48. The number of nitrogens with zero attached hydrogens (tertiary/aromatic N) is 4. The number of methoxy groups -OCH3 is 1. The molecule has 0 radical (unpaired) electrons. The van der Waals surface area contributed by atoms with Crippen molar-refractivity contribution in [1.29, 1.82) is 0 Å². The molecule has 1 aromatic heterocycles. The number of hydrogen-bond acceptors (Lipinski definition) is 9. The Labute approximate surface area is 348 Å². The van der Waals surface area contributed by atoms with Gasteiger partial charge in [-0.3, -0.25) is 20.0 Å². The Morgan fingerprint density at radius 3 is 2.22 bits per heavy atom. The van der Waals surface area contributed by atoms with Gasteiger partial charge in [-0.05, 0) is 71.8 Å². The second-order valence-corrected chi connectivity index (χ2v) is 17.0. The Bertz CT molecular complexity index is 1870. The number of hydrogen-bond donors (Lipinski definition) is 4. The Kier molecular flexibility index (Phi) is 16.6. The third-order valence-electron chi connectivity index (χ3n) is 10.1. The predicted molar refractivity (Wildman–Crippen MR) is 219 cm³/mol. The lowest BCUT2D eigenvalue weighted by Crippen LogP contribution is -2.60. The number of thioether (sulfide) groups is 1. The molecule has 17 heteroatoms. The van der Waals surface area contributed by atoms with Gasteiger partial charge in [0.1, 0.15) is 12.1 Å². The molecule has 1 aliphatic rings. The number of aliphatic hydroxyl groups excluding tert-OH is 1. The van der Waals surface area contributed by atoms with E-state index in [1.165, 1.54) is 36.4 Å². The summed E-state index contributed by atoms with van der Waals surface area (Å²) < 4.78 is 44.0. The zero-order valence-corrected chi connectivity index (χ0v) is 35.4. The van der Waals surface area contributed by atoms with Crippen molar-refractivity contribution in [1.82, 2.24) is 35.9 Å². The number of aliphatic hydroxyl groups is 1. The number of rotatable bonds is 18. The van der Waals surface area contributed by atoms with E-state index in [0.29, 0.717) is 25.1 Å². The number of urea groups is 1. The van der Waals surface area contributed by atoms with Crippen molar-refractivity contribution in [2.45, 2.75) is 102 Å². The van der Waals surface area contributed by atoms with E-state index in [1.807, 2.05) is 69.3 Å². The van der Waals surface area contributed by atoms with Crippen molar-refractivity contribution in [2.24, 2.45) is 11.3 Å². The van der Waals surface area contributed by atoms with E-state index in [4.69, 9.17) is 4.74 Å². The van der Waals surface area contributed by atoms with Gasteiger partial charge in [-0.15, -0.1) is 0 Å². The Morgan fingerprint density at radius 2 is 1.63 bits per heavy atom. The minimum absolute atomic E-state index is 0.0279. The number of hydrazine groups is 1. The summed E-state index contributed by atoms with van der Waals surface area (Å²) in [7, 11) is 1.17. The van der Waals surface area contributed by atoms with Crippen LogP contribution in [0.5, 0.6) is 0 Å². The maximum absolute atomic E-state index is 14.4. The summed E-state index contributed by atoms with van der Waals surface area (Å²) in [5.41, 5.74) is 0.383. The molecule has 1 fully saturated rings.